The summed E-state index contributed by atoms with van der Waals surface area (Å²) < 4.78 is 41.5. The fourth-order valence-electron chi connectivity index (χ4n) is 3.15. The molecule has 7 nitrogen and oxygen atoms in total. The van der Waals surface area contributed by atoms with Gasteiger partial charge in [0.05, 0.1) is 10.8 Å². The van der Waals surface area contributed by atoms with Gasteiger partial charge in [0.1, 0.15) is 11.9 Å². The first-order chi connectivity index (χ1) is 14.9. The van der Waals surface area contributed by atoms with Crippen LogP contribution in [0.25, 0.3) is 0 Å². The molecule has 0 bridgehead atoms. The maximum Gasteiger partial charge on any atom is 0.261 e. The zero-order valence-corrected chi connectivity index (χ0v) is 19.9. The number of hydrogen-bond acceptors (Lipinski definition) is 5. The average Bonchev–Trinajstić information content (AvgIpc) is 3.18. The van der Waals surface area contributed by atoms with E-state index in [1.807, 2.05) is 20.8 Å². The number of halogens is 1. The summed E-state index contributed by atoms with van der Waals surface area (Å²) in [6, 6.07) is 9.07. The molecule has 1 saturated heterocycles. The lowest BCUT2D eigenvalue weighted by molar-refractivity contribution is -0.125. The molecular formula is C22H26FN3O4S2. The fourth-order valence-corrected chi connectivity index (χ4v) is 5.36. The molecule has 1 heterocycles. The van der Waals surface area contributed by atoms with Crippen LogP contribution in [0.2, 0.25) is 0 Å². The van der Waals surface area contributed by atoms with Crippen molar-refractivity contribution >= 4 is 39.3 Å². The molecule has 0 spiro atoms. The molecule has 0 radical (unpaired) electrons. The Labute approximate surface area is 191 Å². The number of thioether (sulfide) groups is 1. The Morgan fingerprint density at radius 1 is 1.16 bits per heavy atom. The van der Waals surface area contributed by atoms with Crippen LogP contribution in [-0.2, 0) is 14.8 Å². The van der Waals surface area contributed by atoms with Crippen LogP contribution in [0, 0.1) is 12.7 Å². The van der Waals surface area contributed by atoms with Crippen LogP contribution in [0.3, 0.4) is 0 Å². The lowest BCUT2D eigenvalue weighted by atomic mass is 10.1. The molecule has 32 heavy (non-hydrogen) atoms. The molecule has 0 saturated carbocycles. The van der Waals surface area contributed by atoms with E-state index in [0.717, 1.165) is 6.07 Å². The summed E-state index contributed by atoms with van der Waals surface area (Å²) in [6.45, 7) is 7.15. The fraction of sp³-hybridized carbons (Fsp3) is 0.364. The first kappa shape index (κ1) is 24.1. The monoisotopic (exact) mass is 479 g/mol. The van der Waals surface area contributed by atoms with Gasteiger partial charge >= 0.3 is 0 Å². The van der Waals surface area contributed by atoms with Gasteiger partial charge in [-0.2, -0.15) is 0 Å². The van der Waals surface area contributed by atoms with Gasteiger partial charge in [-0.15, -0.1) is 11.8 Å². The molecule has 1 atom stereocenters. The van der Waals surface area contributed by atoms with Gasteiger partial charge in [0.15, 0.2) is 0 Å². The molecule has 0 aromatic heterocycles. The van der Waals surface area contributed by atoms with Crippen molar-refractivity contribution in [3.05, 3.63) is 59.4 Å². The quantitative estimate of drug-likeness (QED) is 0.686. The third kappa shape index (κ3) is 5.60. The van der Waals surface area contributed by atoms with E-state index in [2.05, 4.69) is 10.0 Å². The third-order valence-corrected chi connectivity index (χ3v) is 7.15. The van der Waals surface area contributed by atoms with E-state index in [9.17, 15) is 22.4 Å². The largest absolute Gasteiger partial charge is 0.350 e. The SMILES string of the molecule is Cc1ccc(S(=O)(=O)Nc2cccc(C(=O)N3CSCC3C(=O)NC(C)(C)C)c2)cc1F. The highest BCUT2D eigenvalue weighted by Crippen LogP contribution is 2.25. The molecule has 1 fully saturated rings. The Hall–Kier alpha value is -2.59. The number of nitrogens with zero attached hydrogens (tertiary/aromatic N) is 1. The minimum Gasteiger partial charge on any atom is -0.350 e. The van der Waals surface area contributed by atoms with E-state index in [1.54, 1.807) is 19.1 Å². The molecule has 2 amide bonds. The minimum atomic E-state index is -4.04. The second-order valence-corrected chi connectivity index (χ2v) is 11.3. The Bertz CT molecular complexity index is 1150. The Balaban J connectivity index is 1.80. The topological polar surface area (TPSA) is 95.6 Å². The molecule has 2 N–H and O–H groups in total. The first-order valence-corrected chi connectivity index (χ1v) is 12.6. The van der Waals surface area contributed by atoms with E-state index < -0.39 is 27.4 Å². The van der Waals surface area contributed by atoms with Crippen LogP contribution in [0.5, 0.6) is 0 Å². The van der Waals surface area contributed by atoms with E-state index in [1.165, 1.54) is 40.9 Å². The van der Waals surface area contributed by atoms with Crippen molar-refractivity contribution in [1.29, 1.82) is 0 Å². The smallest absolute Gasteiger partial charge is 0.261 e. The molecule has 2 aromatic rings. The number of anilines is 1. The molecule has 3 rings (SSSR count). The summed E-state index contributed by atoms with van der Waals surface area (Å²) in [5.74, 6) is -0.373. The zero-order valence-electron chi connectivity index (χ0n) is 18.3. The number of carbonyl (C=O) groups is 2. The minimum absolute atomic E-state index is 0.166. The highest BCUT2D eigenvalue weighted by Gasteiger charge is 2.36. The lowest BCUT2D eigenvalue weighted by Crippen LogP contribution is -2.52. The summed E-state index contributed by atoms with van der Waals surface area (Å²) in [6.07, 6.45) is 0. The summed E-state index contributed by atoms with van der Waals surface area (Å²) in [4.78, 5) is 27.0. The van der Waals surface area contributed by atoms with Crippen LogP contribution >= 0.6 is 11.8 Å². The van der Waals surface area contributed by atoms with Gasteiger partial charge in [-0.1, -0.05) is 12.1 Å². The van der Waals surface area contributed by atoms with Crippen molar-refractivity contribution in [2.45, 2.75) is 44.2 Å². The highest BCUT2D eigenvalue weighted by atomic mass is 32.2. The number of aryl methyl sites for hydroxylation is 1. The van der Waals surface area contributed by atoms with Gasteiger partial charge in [-0.25, -0.2) is 12.8 Å². The summed E-state index contributed by atoms with van der Waals surface area (Å²) in [5, 5.41) is 2.90. The predicted octanol–water partition coefficient (Wildman–Crippen LogP) is 3.36. The standard InChI is InChI=1S/C22H26FN3O4S2/c1-14-8-9-17(11-18(14)23)32(29,30)25-16-7-5-6-15(10-16)21(28)26-13-31-12-19(26)20(27)24-22(2,3)4/h5-11,19,25H,12-13H2,1-4H3,(H,24,27). The summed E-state index contributed by atoms with van der Waals surface area (Å²) in [5.41, 5.74) is 0.327. The van der Waals surface area contributed by atoms with Gasteiger partial charge in [0, 0.05) is 22.5 Å². The second-order valence-electron chi connectivity index (χ2n) is 8.63. The number of nitrogens with one attached hydrogen (secondary N) is 2. The molecule has 1 aliphatic rings. The van der Waals surface area contributed by atoms with Crippen molar-refractivity contribution in [3.8, 4) is 0 Å². The zero-order chi connectivity index (χ0) is 23.7. The second kappa shape index (κ2) is 9.11. The molecular weight excluding hydrogens is 453 g/mol. The van der Waals surface area contributed by atoms with Crippen molar-refractivity contribution < 1.29 is 22.4 Å². The molecule has 0 aliphatic carbocycles. The van der Waals surface area contributed by atoms with Gasteiger partial charge in [0.2, 0.25) is 5.91 Å². The van der Waals surface area contributed by atoms with Crippen LogP contribution in [0.1, 0.15) is 36.7 Å². The van der Waals surface area contributed by atoms with Crippen LogP contribution in [0.15, 0.2) is 47.4 Å². The van der Waals surface area contributed by atoms with Gasteiger partial charge in [-0.05, 0) is 63.6 Å². The van der Waals surface area contributed by atoms with Crippen molar-refractivity contribution in [1.82, 2.24) is 10.2 Å². The Morgan fingerprint density at radius 2 is 1.88 bits per heavy atom. The Morgan fingerprint density at radius 3 is 2.53 bits per heavy atom. The molecule has 10 heteroatoms. The van der Waals surface area contributed by atoms with Gasteiger partial charge < -0.3 is 10.2 Å². The number of sulfonamides is 1. The van der Waals surface area contributed by atoms with Crippen molar-refractivity contribution in [3.63, 3.8) is 0 Å². The molecule has 2 aromatic carbocycles. The number of hydrogen-bond donors (Lipinski definition) is 2. The van der Waals surface area contributed by atoms with Crippen LogP contribution in [-0.4, -0.2) is 48.3 Å². The van der Waals surface area contributed by atoms with E-state index in [0.29, 0.717) is 17.2 Å². The molecule has 1 aliphatic heterocycles. The maximum absolute atomic E-state index is 13.8. The average molecular weight is 480 g/mol. The highest BCUT2D eigenvalue weighted by molar-refractivity contribution is 7.99. The number of rotatable bonds is 5. The van der Waals surface area contributed by atoms with E-state index in [4.69, 9.17) is 0 Å². The number of benzene rings is 2. The van der Waals surface area contributed by atoms with Crippen LogP contribution < -0.4 is 10.0 Å². The maximum atomic E-state index is 13.8. The summed E-state index contributed by atoms with van der Waals surface area (Å²) in [7, 11) is -4.04. The predicted molar refractivity (Wildman–Crippen MR) is 124 cm³/mol. The molecule has 172 valence electrons. The van der Waals surface area contributed by atoms with E-state index in [-0.39, 0.29) is 28.0 Å². The lowest BCUT2D eigenvalue weighted by Gasteiger charge is -2.27. The number of carbonyl (C=O) groups excluding carboxylic acids is 2. The third-order valence-electron chi connectivity index (χ3n) is 4.76. The normalized spacial score (nSPS) is 16.7. The van der Waals surface area contributed by atoms with Crippen LogP contribution in [0.4, 0.5) is 10.1 Å². The van der Waals surface area contributed by atoms with E-state index >= 15 is 0 Å². The number of amides is 2. The first-order valence-electron chi connectivity index (χ1n) is 9.97. The van der Waals surface area contributed by atoms with Crippen molar-refractivity contribution in [2.24, 2.45) is 0 Å². The Kier molecular flexibility index (Phi) is 6.85. The molecule has 1 unspecified atom stereocenters. The summed E-state index contributed by atoms with van der Waals surface area (Å²) >= 11 is 1.48. The van der Waals surface area contributed by atoms with Gasteiger partial charge in [-0.3, -0.25) is 14.3 Å². The van der Waals surface area contributed by atoms with Crippen molar-refractivity contribution in [2.75, 3.05) is 16.4 Å². The van der Waals surface area contributed by atoms with Gasteiger partial charge in [0.25, 0.3) is 15.9 Å².